The van der Waals surface area contributed by atoms with Gasteiger partial charge in [0.25, 0.3) is 17.5 Å². The summed E-state index contributed by atoms with van der Waals surface area (Å²) >= 11 is 0. The Bertz CT molecular complexity index is 1000. The van der Waals surface area contributed by atoms with Gasteiger partial charge in [0.2, 0.25) is 0 Å². The average molecular weight is 399 g/mol. The fourth-order valence-corrected chi connectivity index (χ4v) is 4.35. The molecule has 2 aliphatic heterocycles. The summed E-state index contributed by atoms with van der Waals surface area (Å²) in [6, 6.07) is 1.41. The first kappa shape index (κ1) is 19.4. The molecule has 2 fully saturated rings. The molecule has 2 aromatic rings. The van der Waals surface area contributed by atoms with Crippen molar-refractivity contribution in [1.82, 2.24) is 25.3 Å². The molecule has 154 valence electrons. The number of amides is 4. The number of pyridine rings is 1. The van der Waals surface area contributed by atoms with Crippen LogP contribution in [-0.4, -0.2) is 63.0 Å². The van der Waals surface area contributed by atoms with E-state index in [1.165, 1.54) is 0 Å². The lowest BCUT2D eigenvalue weighted by atomic mass is 9.85. The molecule has 2 aliphatic rings. The molecule has 2 saturated heterocycles. The van der Waals surface area contributed by atoms with Gasteiger partial charge in [0.05, 0.1) is 16.6 Å². The number of rotatable bonds is 3. The van der Waals surface area contributed by atoms with Crippen LogP contribution in [0.5, 0.6) is 0 Å². The topological polar surface area (TPSA) is 109 Å². The van der Waals surface area contributed by atoms with Crippen LogP contribution in [0.2, 0.25) is 0 Å². The molecule has 1 N–H and O–H groups in total. The molecule has 0 aliphatic carbocycles. The lowest BCUT2D eigenvalue weighted by Crippen LogP contribution is -2.58. The van der Waals surface area contributed by atoms with Gasteiger partial charge in [-0.3, -0.25) is 14.9 Å². The maximum Gasteiger partial charge on any atom is 0.325 e. The molecule has 2 aromatic heterocycles. The normalized spacial score (nSPS) is 18.9. The fraction of sp³-hybridized carbons (Fsp3) is 0.550. The third-order valence-corrected chi connectivity index (χ3v) is 5.81. The summed E-state index contributed by atoms with van der Waals surface area (Å²) in [5, 5.41) is 7.01. The van der Waals surface area contributed by atoms with Gasteiger partial charge in [0.15, 0.2) is 0 Å². The zero-order chi connectivity index (χ0) is 20.9. The summed E-state index contributed by atoms with van der Waals surface area (Å²) in [5.41, 5.74) is 1.29. The maximum atomic E-state index is 13.3. The highest BCUT2D eigenvalue weighted by Gasteiger charge is 2.54. The summed E-state index contributed by atoms with van der Waals surface area (Å²) < 4.78 is 5.23. The van der Waals surface area contributed by atoms with Crippen molar-refractivity contribution in [2.45, 2.75) is 46.1 Å². The van der Waals surface area contributed by atoms with Crippen LogP contribution < -0.4 is 5.32 Å². The lowest BCUT2D eigenvalue weighted by molar-refractivity contribution is -0.129. The number of fused-ring (bicyclic) bond motifs is 1. The number of carbonyl (C=O) groups excluding carboxylic acids is 3. The Morgan fingerprint density at radius 1 is 1.28 bits per heavy atom. The molecule has 0 bridgehead atoms. The van der Waals surface area contributed by atoms with Crippen molar-refractivity contribution in [3.05, 3.63) is 23.0 Å². The molecule has 29 heavy (non-hydrogen) atoms. The molecule has 0 unspecified atom stereocenters. The highest BCUT2D eigenvalue weighted by atomic mass is 16.5. The summed E-state index contributed by atoms with van der Waals surface area (Å²) in [6.07, 6.45) is 0.831. The molecule has 0 radical (unpaired) electrons. The Morgan fingerprint density at radius 2 is 1.97 bits per heavy atom. The lowest BCUT2D eigenvalue weighted by Gasteiger charge is -2.42. The summed E-state index contributed by atoms with van der Waals surface area (Å²) in [5.74, 6) is -0.151. The van der Waals surface area contributed by atoms with E-state index in [-0.39, 0.29) is 23.8 Å². The molecule has 4 rings (SSSR count). The van der Waals surface area contributed by atoms with Crippen LogP contribution in [0, 0.1) is 19.8 Å². The molecule has 0 aromatic carbocycles. The van der Waals surface area contributed by atoms with Crippen LogP contribution >= 0.6 is 0 Å². The molecule has 1 spiro atoms. The van der Waals surface area contributed by atoms with Gasteiger partial charge in [0, 0.05) is 25.3 Å². The molecule has 4 amide bonds. The van der Waals surface area contributed by atoms with Crippen LogP contribution in [0.3, 0.4) is 0 Å². The van der Waals surface area contributed by atoms with E-state index in [9.17, 15) is 14.4 Å². The van der Waals surface area contributed by atoms with E-state index in [0.29, 0.717) is 60.5 Å². The van der Waals surface area contributed by atoms with E-state index in [2.05, 4.69) is 15.5 Å². The van der Waals surface area contributed by atoms with Gasteiger partial charge in [-0.05, 0) is 38.7 Å². The number of nitrogens with one attached hydrogen (secondary N) is 1. The highest BCUT2D eigenvalue weighted by molar-refractivity contribution is 6.08. The van der Waals surface area contributed by atoms with Gasteiger partial charge in [-0.25, -0.2) is 9.78 Å². The summed E-state index contributed by atoms with van der Waals surface area (Å²) in [6.45, 7) is 8.90. The zero-order valence-electron chi connectivity index (χ0n) is 17.1. The van der Waals surface area contributed by atoms with Crippen molar-refractivity contribution >= 4 is 28.9 Å². The smallest absolute Gasteiger partial charge is 0.325 e. The number of hydrogen-bond donors (Lipinski definition) is 1. The van der Waals surface area contributed by atoms with Crippen LogP contribution in [0.4, 0.5) is 4.79 Å². The van der Waals surface area contributed by atoms with E-state index in [0.717, 1.165) is 0 Å². The quantitative estimate of drug-likeness (QED) is 0.791. The van der Waals surface area contributed by atoms with Crippen molar-refractivity contribution in [3.63, 3.8) is 0 Å². The molecule has 0 saturated carbocycles. The predicted molar refractivity (Wildman–Crippen MR) is 104 cm³/mol. The van der Waals surface area contributed by atoms with Crippen molar-refractivity contribution in [1.29, 1.82) is 0 Å². The number of imide groups is 1. The minimum atomic E-state index is -0.866. The van der Waals surface area contributed by atoms with Gasteiger partial charge in [-0.2, -0.15) is 0 Å². The van der Waals surface area contributed by atoms with E-state index in [1.807, 2.05) is 13.8 Å². The van der Waals surface area contributed by atoms with Crippen LogP contribution in [0.1, 0.15) is 48.4 Å². The SMILES string of the molecule is Cc1cc(C(=O)N2CCC3(CC2)C(=O)NC(=O)N3CC(C)C)c2c(C)noc2n1. The standard InChI is InChI=1S/C20H25N5O4/c1-11(2)10-25-19(28)22-18(27)20(25)5-7-24(8-6-20)17(26)14-9-12(3)21-16-15(14)13(4)23-29-16/h9,11H,5-8,10H2,1-4H3,(H,22,27,28). The number of aromatic nitrogens is 2. The van der Waals surface area contributed by atoms with Crippen molar-refractivity contribution in [2.75, 3.05) is 19.6 Å². The molecular formula is C20H25N5O4. The number of piperidine rings is 1. The summed E-state index contributed by atoms with van der Waals surface area (Å²) in [7, 11) is 0. The van der Waals surface area contributed by atoms with Gasteiger partial charge >= 0.3 is 6.03 Å². The first-order chi connectivity index (χ1) is 13.7. The fourth-order valence-electron chi connectivity index (χ4n) is 4.35. The van der Waals surface area contributed by atoms with Gasteiger partial charge < -0.3 is 14.3 Å². The second-order valence-corrected chi connectivity index (χ2v) is 8.35. The van der Waals surface area contributed by atoms with Crippen molar-refractivity contribution in [3.8, 4) is 0 Å². The second kappa shape index (κ2) is 6.82. The molecular weight excluding hydrogens is 374 g/mol. The number of urea groups is 1. The van der Waals surface area contributed by atoms with Crippen molar-refractivity contribution in [2.24, 2.45) is 5.92 Å². The van der Waals surface area contributed by atoms with Gasteiger partial charge in [0.1, 0.15) is 5.54 Å². The average Bonchev–Trinajstić information content (AvgIpc) is 3.14. The Morgan fingerprint density at radius 3 is 2.62 bits per heavy atom. The predicted octanol–water partition coefficient (Wildman–Crippen LogP) is 2.02. The van der Waals surface area contributed by atoms with Crippen LogP contribution in [0.15, 0.2) is 10.6 Å². The Labute approximate surface area is 168 Å². The molecule has 9 nitrogen and oxygen atoms in total. The van der Waals surface area contributed by atoms with Crippen molar-refractivity contribution < 1.29 is 18.9 Å². The first-order valence-electron chi connectivity index (χ1n) is 9.89. The Hall–Kier alpha value is -2.97. The largest absolute Gasteiger partial charge is 0.338 e. The number of hydrogen-bond acceptors (Lipinski definition) is 6. The highest BCUT2D eigenvalue weighted by Crippen LogP contribution is 2.35. The Kier molecular flexibility index (Phi) is 4.55. The van der Waals surface area contributed by atoms with Gasteiger partial charge in [-0.15, -0.1) is 0 Å². The van der Waals surface area contributed by atoms with E-state index >= 15 is 0 Å². The second-order valence-electron chi connectivity index (χ2n) is 8.35. The number of carbonyl (C=O) groups is 3. The number of nitrogens with zero attached hydrogens (tertiary/aromatic N) is 4. The van der Waals surface area contributed by atoms with E-state index in [1.54, 1.807) is 29.7 Å². The summed E-state index contributed by atoms with van der Waals surface area (Å²) in [4.78, 5) is 45.9. The molecule has 0 atom stereocenters. The number of aryl methyl sites for hydroxylation is 2. The van der Waals surface area contributed by atoms with Crippen LogP contribution in [0.25, 0.3) is 11.1 Å². The molecule has 9 heteroatoms. The van der Waals surface area contributed by atoms with E-state index in [4.69, 9.17) is 4.52 Å². The Balaban J connectivity index is 1.59. The minimum Gasteiger partial charge on any atom is -0.338 e. The monoisotopic (exact) mass is 399 g/mol. The minimum absolute atomic E-state index is 0.137. The maximum absolute atomic E-state index is 13.3. The number of likely N-dealkylation sites (tertiary alicyclic amines) is 1. The van der Waals surface area contributed by atoms with Crippen LogP contribution in [-0.2, 0) is 4.79 Å². The third-order valence-electron chi connectivity index (χ3n) is 5.81. The first-order valence-corrected chi connectivity index (χ1v) is 9.89. The zero-order valence-corrected chi connectivity index (χ0v) is 17.1. The molecule has 4 heterocycles. The third kappa shape index (κ3) is 3.04. The van der Waals surface area contributed by atoms with E-state index < -0.39 is 5.54 Å². The van der Waals surface area contributed by atoms with Gasteiger partial charge in [-0.1, -0.05) is 19.0 Å².